The highest BCUT2D eigenvalue weighted by molar-refractivity contribution is 5.91. The number of halogens is 1. The summed E-state index contributed by atoms with van der Waals surface area (Å²) in [5, 5.41) is 2.62. The first-order valence-electron chi connectivity index (χ1n) is 6.50. The van der Waals surface area contributed by atoms with Crippen LogP contribution in [0.4, 0.5) is 4.39 Å². The number of amides is 1. The highest BCUT2D eigenvalue weighted by atomic mass is 19.1. The first-order chi connectivity index (χ1) is 10.3. The maximum absolute atomic E-state index is 13.3. The van der Waals surface area contributed by atoms with Crippen molar-refractivity contribution < 1.29 is 9.18 Å². The molecule has 0 saturated carbocycles. The van der Waals surface area contributed by atoms with Crippen molar-refractivity contribution in [1.29, 1.82) is 0 Å². The van der Waals surface area contributed by atoms with Crippen LogP contribution in [0.15, 0.2) is 60.7 Å². The van der Waals surface area contributed by atoms with Crippen molar-refractivity contribution in [2.24, 2.45) is 0 Å². The summed E-state index contributed by atoms with van der Waals surface area (Å²) in [7, 11) is 0. The molecule has 2 rings (SSSR count). The van der Waals surface area contributed by atoms with E-state index in [4.69, 9.17) is 0 Å². The standard InChI is InChI=1S/C18H14FNO/c19-17-11-5-4-10-16(17)12-13-18(21)20-14-6-9-15-7-2-1-3-8-15/h1-5,7-8,10-13H,14H2,(H,20,21)/b13-12+. The van der Waals surface area contributed by atoms with Gasteiger partial charge in [-0.25, -0.2) is 4.39 Å². The van der Waals surface area contributed by atoms with Crippen LogP contribution in [0.5, 0.6) is 0 Å². The fourth-order valence-corrected chi connectivity index (χ4v) is 1.63. The Labute approximate surface area is 123 Å². The van der Waals surface area contributed by atoms with E-state index in [0.717, 1.165) is 5.56 Å². The second-order valence-electron chi connectivity index (χ2n) is 4.24. The van der Waals surface area contributed by atoms with Crippen LogP contribution in [0.1, 0.15) is 11.1 Å². The molecule has 0 aliphatic carbocycles. The van der Waals surface area contributed by atoms with Crippen molar-refractivity contribution in [3.8, 4) is 11.8 Å². The van der Waals surface area contributed by atoms with Gasteiger partial charge in [0.25, 0.3) is 0 Å². The lowest BCUT2D eigenvalue weighted by Crippen LogP contribution is -2.20. The van der Waals surface area contributed by atoms with Gasteiger partial charge in [-0.2, -0.15) is 0 Å². The lowest BCUT2D eigenvalue weighted by molar-refractivity contribution is -0.116. The number of benzene rings is 2. The number of hydrogen-bond acceptors (Lipinski definition) is 1. The van der Waals surface area contributed by atoms with Crippen molar-refractivity contribution in [3.05, 3.63) is 77.6 Å². The van der Waals surface area contributed by atoms with Gasteiger partial charge in [0.1, 0.15) is 5.82 Å². The molecule has 21 heavy (non-hydrogen) atoms. The number of rotatable bonds is 3. The lowest BCUT2D eigenvalue weighted by atomic mass is 10.2. The Morgan fingerprint density at radius 1 is 1.10 bits per heavy atom. The molecule has 0 spiro atoms. The molecule has 1 N–H and O–H groups in total. The SMILES string of the molecule is O=C(/C=C/c1ccccc1F)NCC#Cc1ccccc1. The van der Waals surface area contributed by atoms with E-state index in [1.54, 1.807) is 18.2 Å². The number of hydrogen-bond donors (Lipinski definition) is 1. The Kier molecular flexibility index (Phi) is 5.31. The monoisotopic (exact) mass is 279 g/mol. The second kappa shape index (κ2) is 7.66. The molecule has 0 fully saturated rings. The summed E-state index contributed by atoms with van der Waals surface area (Å²) in [6, 6.07) is 15.8. The van der Waals surface area contributed by atoms with Crippen LogP contribution in [0.2, 0.25) is 0 Å². The molecule has 2 aromatic rings. The molecule has 0 saturated heterocycles. The molecule has 0 atom stereocenters. The molecule has 1 amide bonds. The molecule has 2 aromatic carbocycles. The van der Waals surface area contributed by atoms with Crippen molar-refractivity contribution in [1.82, 2.24) is 5.32 Å². The Morgan fingerprint density at radius 3 is 2.57 bits per heavy atom. The third-order valence-corrected chi connectivity index (χ3v) is 2.68. The topological polar surface area (TPSA) is 29.1 Å². The zero-order valence-corrected chi connectivity index (χ0v) is 11.3. The van der Waals surface area contributed by atoms with Crippen molar-refractivity contribution in [3.63, 3.8) is 0 Å². The molecule has 0 radical (unpaired) electrons. The Hall–Kier alpha value is -2.86. The van der Waals surface area contributed by atoms with E-state index in [1.807, 2.05) is 30.3 Å². The highest BCUT2D eigenvalue weighted by Crippen LogP contribution is 2.07. The smallest absolute Gasteiger partial charge is 0.244 e. The minimum atomic E-state index is -0.356. The number of nitrogens with one attached hydrogen (secondary N) is 1. The van der Waals surface area contributed by atoms with Crippen molar-refractivity contribution >= 4 is 12.0 Å². The van der Waals surface area contributed by atoms with Gasteiger partial charge in [-0.1, -0.05) is 48.2 Å². The van der Waals surface area contributed by atoms with E-state index in [1.165, 1.54) is 18.2 Å². The van der Waals surface area contributed by atoms with Gasteiger partial charge in [0, 0.05) is 17.2 Å². The first kappa shape index (κ1) is 14.5. The van der Waals surface area contributed by atoms with Gasteiger partial charge in [-0.3, -0.25) is 4.79 Å². The molecule has 0 aliphatic rings. The fraction of sp³-hybridized carbons (Fsp3) is 0.0556. The minimum absolute atomic E-state index is 0.245. The predicted molar refractivity (Wildman–Crippen MR) is 81.8 cm³/mol. The third-order valence-electron chi connectivity index (χ3n) is 2.68. The number of carbonyl (C=O) groups is 1. The molecule has 0 unspecified atom stereocenters. The van der Waals surface area contributed by atoms with E-state index in [-0.39, 0.29) is 18.3 Å². The second-order valence-corrected chi connectivity index (χ2v) is 4.24. The first-order valence-corrected chi connectivity index (χ1v) is 6.50. The van der Waals surface area contributed by atoms with E-state index < -0.39 is 0 Å². The Balaban J connectivity index is 1.83. The zero-order chi connectivity index (χ0) is 14.9. The molecule has 104 valence electrons. The largest absolute Gasteiger partial charge is 0.342 e. The molecule has 3 heteroatoms. The van der Waals surface area contributed by atoms with Gasteiger partial charge < -0.3 is 5.32 Å². The average molecular weight is 279 g/mol. The normalized spacial score (nSPS) is 9.95. The highest BCUT2D eigenvalue weighted by Gasteiger charge is 1.97. The number of carbonyl (C=O) groups excluding carboxylic acids is 1. The van der Waals surface area contributed by atoms with E-state index in [2.05, 4.69) is 17.2 Å². The van der Waals surface area contributed by atoms with Crippen LogP contribution in [0, 0.1) is 17.7 Å². The van der Waals surface area contributed by atoms with Gasteiger partial charge in [0.2, 0.25) is 5.91 Å². The van der Waals surface area contributed by atoms with E-state index >= 15 is 0 Å². The van der Waals surface area contributed by atoms with Gasteiger partial charge in [-0.15, -0.1) is 0 Å². The lowest BCUT2D eigenvalue weighted by Gasteiger charge is -1.96. The molecule has 0 bridgehead atoms. The van der Waals surface area contributed by atoms with Crippen molar-refractivity contribution in [2.75, 3.05) is 6.54 Å². The molecule has 0 aromatic heterocycles. The van der Waals surface area contributed by atoms with Gasteiger partial charge in [0.15, 0.2) is 0 Å². The Bertz CT molecular complexity index is 696. The predicted octanol–water partition coefficient (Wildman–Crippen LogP) is 3.01. The molecule has 0 heterocycles. The molecular formula is C18H14FNO. The summed E-state index contributed by atoms with van der Waals surface area (Å²) in [5.41, 5.74) is 1.27. The van der Waals surface area contributed by atoms with Gasteiger partial charge in [-0.05, 0) is 24.3 Å². The van der Waals surface area contributed by atoms with E-state index in [9.17, 15) is 9.18 Å². The summed E-state index contributed by atoms with van der Waals surface area (Å²) in [5.74, 6) is 5.13. The summed E-state index contributed by atoms with van der Waals surface area (Å²) < 4.78 is 13.3. The molecular weight excluding hydrogens is 265 g/mol. The van der Waals surface area contributed by atoms with Crippen LogP contribution in [0.25, 0.3) is 6.08 Å². The van der Waals surface area contributed by atoms with Crippen LogP contribution >= 0.6 is 0 Å². The average Bonchev–Trinajstić information content (AvgIpc) is 2.52. The maximum atomic E-state index is 13.3. The van der Waals surface area contributed by atoms with Gasteiger partial charge >= 0.3 is 0 Å². The van der Waals surface area contributed by atoms with E-state index in [0.29, 0.717) is 5.56 Å². The van der Waals surface area contributed by atoms with Crippen LogP contribution in [-0.2, 0) is 4.79 Å². The quantitative estimate of drug-likeness (QED) is 0.679. The van der Waals surface area contributed by atoms with Crippen molar-refractivity contribution in [2.45, 2.75) is 0 Å². The summed E-state index contributed by atoms with van der Waals surface area (Å²) in [6.45, 7) is 0.245. The third kappa shape index (κ3) is 4.96. The minimum Gasteiger partial charge on any atom is -0.342 e. The van der Waals surface area contributed by atoms with Crippen LogP contribution in [0.3, 0.4) is 0 Å². The summed E-state index contributed by atoms with van der Waals surface area (Å²) >= 11 is 0. The summed E-state index contributed by atoms with van der Waals surface area (Å²) in [6.07, 6.45) is 2.73. The maximum Gasteiger partial charge on any atom is 0.244 e. The van der Waals surface area contributed by atoms with Gasteiger partial charge in [0.05, 0.1) is 6.54 Å². The summed E-state index contributed by atoms with van der Waals surface area (Å²) in [4.78, 5) is 11.6. The Morgan fingerprint density at radius 2 is 1.81 bits per heavy atom. The fourth-order valence-electron chi connectivity index (χ4n) is 1.63. The van der Waals surface area contributed by atoms with Crippen LogP contribution < -0.4 is 5.32 Å². The van der Waals surface area contributed by atoms with Crippen LogP contribution in [-0.4, -0.2) is 12.5 Å². The zero-order valence-electron chi connectivity index (χ0n) is 11.3. The molecule has 0 aliphatic heterocycles. The molecule has 2 nitrogen and oxygen atoms in total.